The third kappa shape index (κ3) is 5.72. The van der Waals surface area contributed by atoms with Gasteiger partial charge in [-0.1, -0.05) is 67.9 Å². The zero-order chi connectivity index (χ0) is 12.8. The normalized spacial score (nSPS) is 13.4. The van der Waals surface area contributed by atoms with Gasteiger partial charge in [-0.05, 0) is 42.2 Å². The highest BCUT2D eigenvalue weighted by Gasteiger charge is 2.09. The van der Waals surface area contributed by atoms with Crippen LogP contribution in [0.15, 0.2) is 24.3 Å². The largest absolute Gasteiger partial charge is 0.0888 e. The van der Waals surface area contributed by atoms with E-state index < -0.39 is 0 Å². The molecule has 17 heavy (non-hydrogen) atoms. The minimum Gasteiger partial charge on any atom is -0.0888 e. The SMILES string of the molecule is CC(C)Cc1cccc(CCC(Br)C(C)C)c1. The number of halogens is 1. The van der Waals surface area contributed by atoms with Crippen molar-refractivity contribution in [2.75, 3.05) is 0 Å². The second-order valence-corrected chi connectivity index (χ2v) is 6.89. The molecule has 0 saturated carbocycles. The fourth-order valence-electron chi connectivity index (χ4n) is 2.02. The molecule has 0 aliphatic rings. The van der Waals surface area contributed by atoms with Gasteiger partial charge in [-0.15, -0.1) is 0 Å². The molecule has 0 aliphatic heterocycles. The van der Waals surface area contributed by atoms with Crippen molar-refractivity contribution in [3.05, 3.63) is 35.4 Å². The topological polar surface area (TPSA) is 0 Å². The summed E-state index contributed by atoms with van der Waals surface area (Å²) in [5, 5.41) is 0. The number of benzene rings is 1. The molecule has 1 unspecified atom stereocenters. The maximum Gasteiger partial charge on any atom is 0.0172 e. The van der Waals surface area contributed by atoms with E-state index in [4.69, 9.17) is 0 Å². The highest BCUT2D eigenvalue weighted by molar-refractivity contribution is 9.09. The van der Waals surface area contributed by atoms with Gasteiger partial charge < -0.3 is 0 Å². The molecule has 0 nitrogen and oxygen atoms in total. The Hall–Kier alpha value is -0.300. The molecule has 0 spiro atoms. The molecule has 0 heterocycles. The molecule has 0 bridgehead atoms. The van der Waals surface area contributed by atoms with Crippen LogP contribution < -0.4 is 0 Å². The van der Waals surface area contributed by atoms with E-state index in [1.54, 1.807) is 0 Å². The summed E-state index contributed by atoms with van der Waals surface area (Å²) >= 11 is 3.76. The van der Waals surface area contributed by atoms with Crippen molar-refractivity contribution in [3.63, 3.8) is 0 Å². The van der Waals surface area contributed by atoms with Gasteiger partial charge in [0.1, 0.15) is 0 Å². The third-order valence-electron chi connectivity index (χ3n) is 3.07. The second kappa shape index (κ2) is 7.20. The van der Waals surface area contributed by atoms with Gasteiger partial charge in [0.15, 0.2) is 0 Å². The van der Waals surface area contributed by atoms with Crippen LogP contribution in [0.25, 0.3) is 0 Å². The van der Waals surface area contributed by atoms with Gasteiger partial charge in [-0.3, -0.25) is 0 Å². The Balaban J connectivity index is 2.54. The van der Waals surface area contributed by atoms with Gasteiger partial charge in [0.05, 0.1) is 0 Å². The molecule has 1 aromatic carbocycles. The minimum atomic E-state index is 0.635. The van der Waals surface area contributed by atoms with Crippen LogP contribution in [0.2, 0.25) is 0 Å². The highest BCUT2D eigenvalue weighted by atomic mass is 79.9. The Labute approximate surface area is 115 Å². The predicted molar refractivity (Wildman–Crippen MR) is 80.9 cm³/mol. The Kier molecular flexibility index (Phi) is 6.26. The lowest BCUT2D eigenvalue weighted by molar-refractivity contribution is 0.581. The highest BCUT2D eigenvalue weighted by Crippen LogP contribution is 2.19. The zero-order valence-corrected chi connectivity index (χ0v) is 13.1. The lowest BCUT2D eigenvalue weighted by Gasteiger charge is -2.14. The fraction of sp³-hybridized carbons (Fsp3) is 0.625. The standard InChI is InChI=1S/C16H25Br/c1-12(2)10-15-7-5-6-14(11-15)8-9-16(17)13(3)4/h5-7,11-13,16H,8-10H2,1-4H3. The molecule has 0 radical (unpaired) electrons. The van der Waals surface area contributed by atoms with Gasteiger partial charge >= 0.3 is 0 Å². The van der Waals surface area contributed by atoms with Crippen molar-refractivity contribution in [1.82, 2.24) is 0 Å². The molecule has 0 aliphatic carbocycles. The molecule has 1 rings (SSSR count). The second-order valence-electron chi connectivity index (χ2n) is 5.72. The summed E-state index contributed by atoms with van der Waals surface area (Å²) < 4.78 is 0. The smallest absolute Gasteiger partial charge is 0.0172 e. The van der Waals surface area contributed by atoms with E-state index in [1.165, 1.54) is 30.4 Å². The number of hydrogen-bond acceptors (Lipinski definition) is 0. The van der Waals surface area contributed by atoms with Gasteiger partial charge in [-0.2, -0.15) is 0 Å². The van der Waals surface area contributed by atoms with Gasteiger partial charge in [0, 0.05) is 4.83 Å². The number of aryl methyl sites for hydroxylation is 1. The van der Waals surface area contributed by atoms with Crippen LogP contribution in [0.4, 0.5) is 0 Å². The first-order valence-corrected chi connectivity index (χ1v) is 7.62. The Bertz CT molecular complexity index is 328. The average Bonchev–Trinajstić information content (AvgIpc) is 2.25. The van der Waals surface area contributed by atoms with Crippen LogP contribution >= 0.6 is 15.9 Å². The van der Waals surface area contributed by atoms with Crippen LogP contribution in [0.5, 0.6) is 0 Å². The molecule has 0 amide bonds. The van der Waals surface area contributed by atoms with Crippen LogP contribution in [-0.4, -0.2) is 4.83 Å². The first-order valence-electron chi connectivity index (χ1n) is 6.71. The van der Waals surface area contributed by atoms with Crippen molar-refractivity contribution in [1.29, 1.82) is 0 Å². The average molecular weight is 297 g/mol. The quantitative estimate of drug-likeness (QED) is 0.630. The van der Waals surface area contributed by atoms with Gasteiger partial charge in [-0.25, -0.2) is 0 Å². The van der Waals surface area contributed by atoms with E-state index in [-0.39, 0.29) is 0 Å². The maximum absolute atomic E-state index is 3.76. The maximum atomic E-state index is 3.76. The Morgan fingerprint density at radius 2 is 1.71 bits per heavy atom. The van der Waals surface area contributed by atoms with Crippen molar-refractivity contribution in [2.45, 2.75) is 51.8 Å². The first-order chi connectivity index (χ1) is 7.99. The number of rotatable bonds is 6. The molecule has 0 fully saturated rings. The molecule has 0 aromatic heterocycles. The first kappa shape index (κ1) is 14.8. The summed E-state index contributed by atoms with van der Waals surface area (Å²) in [6.45, 7) is 9.10. The zero-order valence-electron chi connectivity index (χ0n) is 11.5. The lowest BCUT2D eigenvalue weighted by Crippen LogP contribution is -2.08. The van der Waals surface area contributed by atoms with E-state index in [9.17, 15) is 0 Å². The molecule has 0 saturated heterocycles. The van der Waals surface area contributed by atoms with Crippen molar-refractivity contribution in [3.8, 4) is 0 Å². The molecule has 96 valence electrons. The van der Waals surface area contributed by atoms with E-state index in [0.29, 0.717) is 10.7 Å². The van der Waals surface area contributed by atoms with Crippen LogP contribution in [0, 0.1) is 11.8 Å². The van der Waals surface area contributed by atoms with Gasteiger partial charge in [0.2, 0.25) is 0 Å². The van der Waals surface area contributed by atoms with Crippen molar-refractivity contribution < 1.29 is 0 Å². The molecule has 1 heteroatoms. The molecule has 1 aromatic rings. The van der Waals surface area contributed by atoms with E-state index >= 15 is 0 Å². The summed E-state index contributed by atoms with van der Waals surface area (Å²) in [4.78, 5) is 0.635. The molecular weight excluding hydrogens is 272 g/mol. The lowest BCUT2D eigenvalue weighted by atomic mass is 9.98. The Morgan fingerprint density at radius 3 is 2.29 bits per heavy atom. The van der Waals surface area contributed by atoms with Crippen LogP contribution in [0.3, 0.4) is 0 Å². The predicted octanol–water partition coefficient (Wildman–Crippen LogP) is 5.24. The van der Waals surface area contributed by atoms with E-state index in [1.807, 2.05) is 0 Å². The van der Waals surface area contributed by atoms with E-state index in [0.717, 1.165) is 5.92 Å². The van der Waals surface area contributed by atoms with Crippen molar-refractivity contribution in [2.24, 2.45) is 11.8 Å². The summed E-state index contributed by atoms with van der Waals surface area (Å²) in [5.41, 5.74) is 2.96. The molecule has 1 atom stereocenters. The fourth-order valence-corrected chi connectivity index (χ4v) is 2.25. The number of hydrogen-bond donors (Lipinski definition) is 0. The van der Waals surface area contributed by atoms with Gasteiger partial charge in [0.25, 0.3) is 0 Å². The third-order valence-corrected chi connectivity index (χ3v) is 4.58. The molecular formula is C16H25Br. The summed E-state index contributed by atoms with van der Waals surface area (Å²) in [7, 11) is 0. The van der Waals surface area contributed by atoms with E-state index in [2.05, 4.69) is 67.9 Å². The summed E-state index contributed by atoms with van der Waals surface area (Å²) in [6, 6.07) is 9.08. The summed E-state index contributed by atoms with van der Waals surface area (Å²) in [5.74, 6) is 1.46. The molecule has 0 N–H and O–H groups in total. The van der Waals surface area contributed by atoms with Crippen LogP contribution in [-0.2, 0) is 12.8 Å². The Morgan fingerprint density at radius 1 is 1.06 bits per heavy atom. The number of alkyl halides is 1. The summed E-state index contributed by atoms with van der Waals surface area (Å²) in [6.07, 6.45) is 3.60. The minimum absolute atomic E-state index is 0.635. The monoisotopic (exact) mass is 296 g/mol. The van der Waals surface area contributed by atoms with Crippen molar-refractivity contribution >= 4 is 15.9 Å². The van der Waals surface area contributed by atoms with Crippen LogP contribution in [0.1, 0.15) is 45.2 Å².